The molecule has 1 aromatic carbocycles. The van der Waals surface area contributed by atoms with Gasteiger partial charge >= 0.3 is 0 Å². The number of amides is 1. The fraction of sp³-hybridized carbons (Fsp3) is 0.632. The summed E-state index contributed by atoms with van der Waals surface area (Å²) in [6.07, 6.45) is 5.97. The second-order valence-corrected chi connectivity index (χ2v) is 10.7. The molecule has 6 heteroatoms. The highest BCUT2D eigenvalue weighted by Crippen LogP contribution is 2.64. The summed E-state index contributed by atoms with van der Waals surface area (Å²) >= 11 is 10.5. The number of methoxy groups -OCH3 is 1. The van der Waals surface area contributed by atoms with Crippen LogP contribution in [0.3, 0.4) is 0 Å². The molecule has 2 saturated carbocycles. The van der Waals surface area contributed by atoms with Crippen LogP contribution in [0.4, 0.5) is 5.69 Å². The van der Waals surface area contributed by atoms with Gasteiger partial charge in [-0.25, -0.2) is 0 Å². The molecule has 2 bridgehead atoms. The van der Waals surface area contributed by atoms with E-state index in [1.165, 1.54) is 30.8 Å². The number of nitrogens with one attached hydrogen (secondary N) is 1. The summed E-state index contributed by atoms with van der Waals surface area (Å²) in [4.78, 5) is 12.9. The summed E-state index contributed by atoms with van der Waals surface area (Å²) in [5.41, 5.74) is 0.755. The number of benzene rings is 1. The Morgan fingerprint density at radius 3 is 2.52 bits per heavy atom. The Balaban J connectivity index is 1.46. The van der Waals surface area contributed by atoms with Crippen molar-refractivity contribution in [2.24, 2.45) is 17.8 Å². The van der Waals surface area contributed by atoms with Gasteiger partial charge in [0, 0.05) is 23.1 Å². The summed E-state index contributed by atoms with van der Waals surface area (Å²) in [6, 6.07) is 5.43. The van der Waals surface area contributed by atoms with Crippen LogP contribution in [0.25, 0.3) is 0 Å². The van der Waals surface area contributed by atoms with E-state index in [-0.39, 0.29) is 11.8 Å². The Labute approximate surface area is 163 Å². The maximum absolute atomic E-state index is 12.9. The quantitative estimate of drug-likeness (QED) is 0.752. The molecule has 3 aliphatic rings. The van der Waals surface area contributed by atoms with Crippen LogP contribution < -0.4 is 10.1 Å². The zero-order valence-electron chi connectivity index (χ0n) is 14.4. The van der Waals surface area contributed by atoms with Gasteiger partial charge in [-0.1, -0.05) is 18.0 Å². The van der Waals surface area contributed by atoms with E-state index >= 15 is 0 Å². The Kier molecular flexibility index (Phi) is 5.18. The summed E-state index contributed by atoms with van der Waals surface area (Å²) < 4.78 is 5.59. The number of carbonyl (C=O) groups is 1. The molecule has 1 aromatic rings. The Bertz CT molecular complexity index is 647. The number of hydrogen-bond acceptors (Lipinski definition) is 4. The minimum Gasteiger partial charge on any atom is -0.495 e. The van der Waals surface area contributed by atoms with E-state index in [0.717, 1.165) is 18.5 Å². The average Bonchev–Trinajstić information content (AvgIpc) is 3.04. The third-order valence-corrected chi connectivity index (χ3v) is 10.2. The highest BCUT2D eigenvalue weighted by molar-refractivity contribution is 8.21. The first-order valence-corrected chi connectivity index (χ1v) is 11.4. The number of thioether (sulfide) groups is 2. The summed E-state index contributed by atoms with van der Waals surface area (Å²) in [5, 5.41) is 3.61. The second-order valence-electron chi connectivity index (χ2n) is 7.25. The molecule has 3 fully saturated rings. The van der Waals surface area contributed by atoms with Gasteiger partial charge < -0.3 is 10.1 Å². The monoisotopic (exact) mass is 397 g/mol. The third-order valence-electron chi connectivity index (χ3n) is 5.91. The van der Waals surface area contributed by atoms with Crippen molar-refractivity contribution in [1.82, 2.24) is 0 Å². The van der Waals surface area contributed by atoms with Crippen LogP contribution in [0, 0.1) is 17.8 Å². The first-order chi connectivity index (χ1) is 12.1. The molecular formula is C19H24ClNO2S2. The van der Waals surface area contributed by atoms with Crippen molar-refractivity contribution >= 4 is 46.7 Å². The second kappa shape index (κ2) is 7.24. The molecule has 1 unspecified atom stereocenters. The first kappa shape index (κ1) is 17.9. The van der Waals surface area contributed by atoms with Crippen molar-refractivity contribution in [2.75, 3.05) is 23.9 Å². The SMILES string of the molecule is COc1ccc(NC(=O)C2C[C@H]3CCC[C@@H](C2)C32SCCS2)cc1Cl. The summed E-state index contributed by atoms with van der Waals surface area (Å²) in [6.45, 7) is 0. The molecule has 2 aliphatic carbocycles. The molecule has 1 amide bonds. The first-order valence-electron chi connectivity index (χ1n) is 9.04. The van der Waals surface area contributed by atoms with Crippen molar-refractivity contribution in [3.05, 3.63) is 23.2 Å². The average molecular weight is 398 g/mol. The van der Waals surface area contributed by atoms with E-state index < -0.39 is 0 Å². The topological polar surface area (TPSA) is 38.3 Å². The smallest absolute Gasteiger partial charge is 0.227 e. The molecule has 1 spiro atoms. The lowest BCUT2D eigenvalue weighted by molar-refractivity contribution is -0.122. The number of halogens is 1. The van der Waals surface area contributed by atoms with Gasteiger partial charge in [0.05, 0.1) is 16.2 Å². The minimum atomic E-state index is 0.128. The fourth-order valence-electron chi connectivity index (χ4n) is 4.81. The highest BCUT2D eigenvalue weighted by atomic mass is 35.5. The Hall–Kier alpha value is -0.520. The van der Waals surface area contributed by atoms with Crippen LogP contribution in [-0.2, 0) is 4.79 Å². The van der Waals surface area contributed by atoms with Crippen LogP contribution in [0.2, 0.25) is 5.02 Å². The molecular weight excluding hydrogens is 374 g/mol. The van der Waals surface area contributed by atoms with Gasteiger partial charge in [0.2, 0.25) is 5.91 Å². The molecule has 1 N–H and O–H groups in total. The maximum Gasteiger partial charge on any atom is 0.227 e. The molecule has 0 aromatic heterocycles. The van der Waals surface area contributed by atoms with Gasteiger partial charge in [-0.3, -0.25) is 4.79 Å². The summed E-state index contributed by atoms with van der Waals surface area (Å²) in [5.74, 6) is 4.84. The third kappa shape index (κ3) is 3.28. The number of hydrogen-bond donors (Lipinski definition) is 1. The number of carbonyl (C=O) groups excluding carboxylic acids is 1. The van der Waals surface area contributed by atoms with E-state index in [0.29, 0.717) is 26.7 Å². The predicted molar refractivity (Wildman–Crippen MR) is 108 cm³/mol. The van der Waals surface area contributed by atoms with Crippen molar-refractivity contribution in [3.63, 3.8) is 0 Å². The lowest BCUT2D eigenvalue weighted by atomic mass is 9.67. The van der Waals surface area contributed by atoms with E-state index in [4.69, 9.17) is 16.3 Å². The normalized spacial score (nSPS) is 30.2. The lowest BCUT2D eigenvalue weighted by Gasteiger charge is -2.52. The summed E-state index contributed by atoms with van der Waals surface area (Å²) in [7, 11) is 1.59. The zero-order valence-corrected chi connectivity index (χ0v) is 16.8. The van der Waals surface area contributed by atoms with Crippen molar-refractivity contribution in [2.45, 2.75) is 36.2 Å². The molecule has 0 radical (unpaired) electrons. The van der Waals surface area contributed by atoms with E-state index in [9.17, 15) is 4.79 Å². The Morgan fingerprint density at radius 2 is 1.92 bits per heavy atom. The molecule has 3 nitrogen and oxygen atoms in total. The highest BCUT2D eigenvalue weighted by Gasteiger charge is 2.55. The number of ether oxygens (including phenoxy) is 1. The zero-order chi connectivity index (χ0) is 17.4. The van der Waals surface area contributed by atoms with Gasteiger partial charge in [-0.05, 0) is 55.7 Å². The van der Waals surface area contributed by atoms with Crippen LogP contribution in [0.15, 0.2) is 18.2 Å². The molecule has 136 valence electrons. The van der Waals surface area contributed by atoms with Crippen molar-refractivity contribution in [3.8, 4) is 5.75 Å². The largest absolute Gasteiger partial charge is 0.495 e. The van der Waals surface area contributed by atoms with Crippen LogP contribution in [0.5, 0.6) is 5.75 Å². The lowest BCUT2D eigenvalue weighted by Crippen LogP contribution is -2.48. The molecule has 1 saturated heterocycles. The van der Waals surface area contributed by atoms with Gasteiger partial charge in [-0.2, -0.15) is 0 Å². The van der Waals surface area contributed by atoms with Gasteiger partial charge in [-0.15, -0.1) is 23.5 Å². The predicted octanol–water partition coefficient (Wildman–Crippen LogP) is 5.29. The minimum absolute atomic E-state index is 0.128. The van der Waals surface area contributed by atoms with Crippen molar-refractivity contribution in [1.29, 1.82) is 0 Å². The molecule has 25 heavy (non-hydrogen) atoms. The van der Waals surface area contributed by atoms with E-state index in [1.807, 2.05) is 6.07 Å². The number of anilines is 1. The van der Waals surface area contributed by atoms with Gasteiger partial charge in [0.15, 0.2) is 0 Å². The van der Waals surface area contributed by atoms with E-state index in [1.54, 1.807) is 19.2 Å². The fourth-order valence-corrected chi connectivity index (χ4v) is 9.01. The standard InChI is InChI=1S/C19H24ClNO2S2/c1-23-17-6-5-15(11-16(17)20)21-18(22)12-9-13-3-2-4-14(10-12)19(13)24-7-8-25-19/h5-6,11-14H,2-4,7-10H2,1H3,(H,21,22)/t12?,13-,14+. The molecule has 3 atom stereocenters. The van der Waals surface area contributed by atoms with Crippen LogP contribution >= 0.6 is 35.1 Å². The van der Waals surface area contributed by atoms with Gasteiger partial charge in [0.1, 0.15) is 5.75 Å². The van der Waals surface area contributed by atoms with Crippen LogP contribution in [-0.4, -0.2) is 28.6 Å². The van der Waals surface area contributed by atoms with Crippen LogP contribution in [0.1, 0.15) is 32.1 Å². The molecule has 4 rings (SSSR count). The molecule has 1 aliphatic heterocycles. The number of rotatable bonds is 3. The Morgan fingerprint density at radius 1 is 1.24 bits per heavy atom. The maximum atomic E-state index is 12.9. The molecule has 1 heterocycles. The van der Waals surface area contributed by atoms with Gasteiger partial charge in [0.25, 0.3) is 0 Å². The van der Waals surface area contributed by atoms with E-state index in [2.05, 4.69) is 28.8 Å². The van der Waals surface area contributed by atoms with Crippen molar-refractivity contribution < 1.29 is 9.53 Å².